The smallest absolute Gasteiger partial charge is 0.264 e. The summed E-state index contributed by atoms with van der Waals surface area (Å²) in [5, 5.41) is 17.4. The number of hydrogen-bond acceptors (Lipinski definition) is 16. The van der Waals surface area contributed by atoms with Crippen LogP contribution < -0.4 is 42.4 Å². The average Bonchev–Trinajstić information content (AvgIpc) is 1.32. The van der Waals surface area contributed by atoms with E-state index in [0.29, 0.717) is 24.9 Å². The van der Waals surface area contributed by atoms with E-state index in [2.05, 4.69) is 36.6 Å². The van der Waals surface area contributed by atoms with Crippen molar-refractivity contribution in [3.63, 3.8) is 0 Å². The number of anilines is 1. The highest BCUT2D eigenvalue weighted by Gasteiger charge is 2.42. The van der Waals surface area contributed by atoms with Gasteiger partial charge in [-0.05, 0) is 92.1 Å². The molecule has 1 heterocycles. The number of amides is 9. The van der Waals surface area contributed by atoms with Crippen LogP contribution in [0, 0.1) is 11.3 Å². The van der Waals surface area contributed by atoms with E-state index < -0.39 is 92.5 Å². The second-order valence-electron chi connectivity index (χ2n) is 25.3. The number of ether oxygens (including phenoxy) is 3. The zero-order chi connectivity index (χ0) is 69.9. The summed E-state index contributed by atoms with van der Waals surface area (Å²) >= 11 is 0. The predicted molar refractivity (Wildman–Crippen MR) is 361 cm³/mol. The zero-order valence-electron chi connectivity index (χ0n) is 56.2. The Morgan fingerprint density at radius 2 is 1.13 bits per heavy atom. The van der Waals surface area contributed by atoms with Gasteiger partial charge in [-0.25, -0.2) is 13.1 Å². The molecule has 9 amide bonds. The molecule has 0 unspecified atom stereocenters. The third-order valence-corrected chi connectivity index (χ3v) is 17.5. The molecule has 0 radical (unpaired) electrons. The molecule has 4 aromatic carbocycles. The Hall–Kier alpha value is -8.46. The second kappa shape index (κ2) is 37.6. The normalized spacial score (nSPS) is 14.7. The van der Waals surface area contributed by atoms with Crippen molar-refractivity contribution in [2.24, 2.45) is 17.1 Å². The van der Waals surface area contributed by atoms with Gasteiger partial charge in [0.1, 0.15) is 24.2 Å². The molecular formula is C70H96N10O14S. The zero-order valence-corrected chi connectivity index (χ0v) is 57.1. The second-order valence-corrected chi connectivity index (χ2v) is 26.9. The van der Waals surface area contributed by atoms with Gasteiger partial charge < -0.3 is 56.7 Å². The Morgan fingerprint density at radius 1 is 0.621 bits per heavy atom. The first-order chi connectivity index (χ1) is 45.1. The molecule has 9 N–H and O–H groups in total. The summed E-state index contributed by atoms with van der Waals surface area (Å²) in [6.07, 6.45) is 4.96. The SMILES string of the molecule is CN[C@H](C(=O)N[C@H](C(=O)N(C)[C@H](C=C(C)C(=O)NS(=O)(=O)c1ccc(NC(=O)[C@H](CCCCN)NC(=O)[C@H](Cc2ccccc2)NC(=O)[C@@H](Cc2ccccc2)NC(=O)CCOCCOCCOCCN2C(=O)C=CC2=O)cc1)C(C)C)C(C)(C)C)C(C)(C)c1ccccc1. The monoisotopic (exact) mass is 1330 g/mol. The molecule has 1 aliphatic rings. The maximum atomic E-state index is 14.5. The highest BCUT2D eigenvalue weighted by molar-refractivity contribution is 7.90. The van der Waals surface area contributed by atoms with Gasteiger partial charge >= 0.3 is 0 Å². The van der Waals surface area contributed by atoms with Crippen LogP contribution >= 0.6 is 0 Å². The van der Waals surface area contributed by atoms with E-state index in [1.807, 2.05) is 84.9 Å². The van der Waals surface area contributed by atoms with Crippen molar-refractivity contribution in [3.8, 4) is 0 Å². The fourth-order valence-corrected chi connectivity index (χ4v) is 11.6. The number of imide groups is 1. The first kappa shape index (κ1) is 77.2. The van der Waals surface area contributed by atoms with Gasteiger partial charge in [0.2, 0.25) is 35.4 Å². The minimum Gasteiger partial charge on any atom is -0.379 e. The molecule has 95 heavy (non-hydrogen) atoms. The number of nitrogens with one attached hydrogen (secondary N) is 7. The van der Waals surface area contributed by atoms with E-state index in [-0.39, 0.29) is 112 Å². The van der Waals surface area contributed by atoms with E-state index in [4.69, 9.17) is 19.9 Å². The summed E-state index contributed by atoms with van der Waals surface area (Å²) in [6, 6.07) is 26.6. The molecule has 24 nitrogen and oxygen atoms in total. The maximum absolute atomic E-state index is 14.5. The minimum absolute atomic E-state index is 0.00183. The molecule has 0 fully saturated rings. The fourth-order valence-electron chi connectivity index (χ4n) is 10.6. The molecule has 0 aromatic heterocycles. The molecule has 4 aromatic rings. The molecule has 1 aliphatic heterocycles. The van der Waals surface area contributed by atoms with Gasteiger partial charge in [-0.15, -0.1) is 0 Å². The number of likely N-dealkylation sites (N-methyl/N-ethyl adjacent to an activating group) is 2. The van der Waals surface area contributed by atoms with Crippen molar-refractivity contribution in [1.82, 2.24) is 41.1 Å². The summed E-state index contributed by atoms with van der Waals surface area (Å²) in [7, 11) is -1.25. The Morgan fingerprint density at radius 3 is 1.64 bits per heavy atom. The van der Waals surface area contributed by atoms with Crippen molar-refractivity contribution in [3.05, 3.63) is 156 Å². The van der Waals surface area contributed by atoms with Crippen molar-refractivity contribution in [2.45, 2.75) is 140 Å². The standard InChI is InChI=1S/C70H96N10O14S/c1-47(2)57(79(10)68(89)62(69(4,5)6)77-67(88)61(72-9)70(7,8)51-26-18-13-19-27-51)44-48(3)63(84)78-95(90,91)53-31-29-52(30-32-53)73-64(85)54(28-20-21-36-71)75-66(87)56(46-50-24-16-12-17-25-50)76-65(86)55(45-49-22-14-11-15-23-49)74-58(81)35-38-92-40-42-94-43-41-93-39-37-80-59(82)33-34-60(80)83/h11-19,22-27,29-34,44,47,54-57,61-62,72H,20-21,28,35-43,45-46,71H2,1-10H3,(H,73,85)(H,74,81)(H,75,87)(H,76,86)(H,77,88)(H,78,84)/t54-,55+,56-,57+,61+,62+/m0/s1. The number of unbranched alkanes of at least 4 members (excludes halogenated alkanes) is 1. The van der Waals surface area contributed by atoms with Gasteiger partial charge in [0, 0.05) is 55.1 Å². The van der Waals surface area contributed by atoms with Gasteiger partial charge in [-0.1, -0.05) is 146 Å². The quantitative estimate of drug-likeness (QED) is 0.0174. The van der Waals surface area contributed by atoms with Gasteiger partial charge in [0.25, 0.3) is 27.7 Å². The lowest BCUT2D eigenvalue weighted by atomic mass is 9.76. The first-order valence-corrected chi connectivity index (χ1v) is 33.5. The summed E-state index contributed by atoms with van der Waals surface area (Å²) in [5.74, 6) is -5.29. The highest BCUT2D eigenvalue weighted by atomic mass is 32.2. The van der Waals surface area contributed by atoms with Crippen LogP contribution in [0.25, 0.3) is 0 Å². The summed E-state index contributed by atoms with van der Waals surface area (Å²) in [5.41, 5.74) is 6.91. The average molecular weight is 1330 g/mol. The third kappa shape index (κ3) is 24.4. The van der Waals surface area contributed by atoms with Gasteiger partial charge in [0.15, 0.2) is 0 Å². The van der Waals surface area contributed by atoms with Crippen LogP contribution in [0.4, 0.5) is 5.69 Å². The van der Waals surface area contributed by atoms with Crippen molar-refractivity contribution < 1.29 is 65.8 Å². The molecule has 0 aliphatic carbocycles. The molecule has 5 rings (SSSR count). The van der Waals surface area contributed by atoms with E-state index >= 15 is 0 Å². The number of carbonyl (C=O) groups excluding carboxylic acids is 9. The van der Waals surface area contributed by atoms with E-state index in [9.17, 15) is 51.6 Å². The topological polar surface area (TPSA) is 332 Å². The Kier molecular flexibility index (Phi) is 30.6. The van der Waals surface area contributed by atoms with Gasteiger partial charge in [-0.2, -0.15) is 0 Å². The number of carbonyl (C=O) groups is 9. The van der Waals surface area contributed by atoms with Crippen LogP contribution in [0.15, 0.2) is 144 Å². The van der Waals surface area contributed by atoms with E-state index in [1.54, 1.807) is 68.7 Å². The largest absolute Gasteiger partial charge is 0.379 e. The molecular weight excluding hydrogens is 1240 g/mol. The van der Waals surface area contributed by atoms with E-state index in [1.165, 1.54) is 54.3 Å². The molecule has 25 heteroatoms. The fraction of sp³-hybridized carbons (Fsp3) is 0.471. The Bertz CT molecular complexity index is 3360. The lowest BCUT2D eigenvalue weighted by Gasteiger charge is -2.40. The maximum Gasteiger partial charge on any atom is 0.264 e. The first-order valence-electron chi connectivity index (χ1n) is 32.0. The minimum atomic E-state index is -4.51. The lowest BCUT2D eigenvalue weighted by Crippen LogP contribution is -2.61. The van der Waals surface area contributed by atoms with Crippen molar-refractivity contribution in [2.75, 3.05) is 72.1 Å². The molecule has 0 saturated carbocycles. The number of rotatable bonds is 39. The van der Waals surface area contributed by atoms with Crippen molar-refractivity contribution in [1.29, 1.82) is 0 Å². The number of benzene rings is 4. The lowest BCUT2D eigenvalue weighted by molar-refractivity contribution is -0.141. The van der Waals surface area contributed by atoms with Crippen LogP contribution in [0.3, 0.4) is 0 Å². The van der Waals surface area contributed by atoms with E-state index in [0.717, 1.165) is 16.0 Å². The van der Waals surface area contributed by atoms with Crippen LogP contribution in [0.1, 0.15) is 97.8 Å². The summed E-state index contributed by atoms with van der Waals surface area (Å²) in [4.78, 5) is 124. The van der Waals surface area contributed by atoms with Crippen LogP contribution in [0.2, 0.25) is 0 Å². The number of nitrogens with two attached hydrogens (primary N) is 1. The Labute approximate surface area is 558 Å². The van der Waals surface area contributed by atoms with Crippen molar-refractivity contribution >= 4 is 68.9 Å². The number of hydrogen-bond donors (Lipinski definition) is 8. The predicted octanol–water partition coefficient (Wildman–Crippen LogP) is 4.39. The summed E-state index contributed by atoms with van der Waals surface area (Å²) < 4.78 is 46.2. The number of nitrogens with zero attached hydrogens (tertiary/aromatic N) is 2. The number of sulfonamides is 1. The van der Waals surface area contributed by atoms with Crippen LogP contribution in [-0.4, -0.2) is 174 Å². The van der Waals surface area contributed by atoms with Gasteiger partial charge in [0.05, 0.1) is 63.2 Å². The molecule has 0 spiro atoms. The molecule has 0 bridgehead atoms. The summed E-state index contributed by atoms with van der Waals surface area (Å²) in [6.45, 7) is 16.0. The van der Waals surface area contributed by atoms with Crippen LogP contribution in [-0.2, 0) is 85.6 Å². The van der Waals surface area contributed by atoms with Crippen LogP contribution in [0.5, 0.6) is 0 Å². The highest BCUT2D eigenvalue weighted by Crippen LogP contribution is 2.29. The Balaban J connectivity index is 1.22. The van der Waals surface area contributed by atoms with Gasteiger partial charge in [-0.3, -0.25) is 48.1 Å². The molecule has 6 atom stereocenters. The molecule has 516 valence electrons. The molecule has 0 saturated heterocycles. The third-order valence-electron chi connectivity index (χ3n) is 16.1.